The van der Waals surface area contributed by atoms with Crippen LogP contribution in [0, 0.1) is 5.92 Å². The van der Waals surface area contributed by atoms with E-state index in [4.69, 9.17) is 11.6 Å². The summed E-state index contributed by atoms with van der Waals surface area (Å²) in [5.41, 5.74) is 0. The largest absolute Gasteiger partial charge is 0.281 e. The van der Waals surface area contributed by atoms with Crippen LogP contribution in [0.5, 0.6) is 0 Å². The van der Waals surface area contributed by atoms with Crippen LogP contribution in [0.25, 0.3) is 0 Å². The Morgan fingerprint density at radius 1 is 1.80 bits per heavy atom. The first-order valence-corrected chi connectivity index (χ1v) is 3.83. The second-order valence-electron chi connectivity index (χ2n) is 2.53. The molecule has 1 nitrogen and oxygen atoms in total. The molecule has 0 unspecified atom stereocenters. The van der Waals surface area contributed by atoms with Crippen molar-refractivity contribution in [2.75, 3.05) is 0 Å². The molecular formula is C8H13ClO. The fraction of sp³-hybridized carbons (Fsp3) is 0.625. The summed E-state index contributed by atoms with van der Waals surface area (Å²) >= 11 is 5.19. The van der Waals surface area contributed by atoms with Gasteiger partial charge in [-0.25, -0.2) is 0 Å². The standard InChI is InChI=1S/C8H13ClO/c1-3-4-5-7(2)6-8(9)10/h3,7H,1,4-6H2,2H3/t7-/m0/s1. The number of carbonyl (C=O) groups is 1. The lowest BCUT2D eigenvalue weighted by atomic mass is 10.0. The number of allylic oxidation sites excluding steroid dienone is 1. The van der Waals surface area contributed by atoms with Crippen molar-refractivity contribution in [3.8, 4) is 0 Å². The van der Waals surface area contributed by atoms with Crippen molar-refractivity contribution in [3.63, 3.8) is 0 Å². The van der Waals surface area contributed by atoms with E-state index in [2.05, 4.69) is 6.58 Å². The third-order valence-electron chi connectivity index (χ3n) is 1.37. The van der Waals surface area contributed by atoms with Gasteiger partial charge in [0.05, 0.1) is 0 Å². The second-order valence-corrected chi connectivity index (χ2v) is 2.95. The van der Waals surface area contributed by atoms with Crippen LogP contribution in [0.2, 0.25) is 0 Å². The number of hydrogen-bond donors (Lipinski definition) is 0. The molecule has 0 aromatic rings. The molecule has 1 atom stereocenters. The lowest BCUT2D eigenvalue weighted by Crippen LogP contribution is -1.98. The molecule has 0 amide bonds. The van der Waals surface area contributed by atoms with Gasteiger partial charge in [0, 0.05) is 6.42 Å². The molecule has 0 aliphatic rings. The highest BCUT2D eigenvalue weighted by molar-refractivity contribution is 6.63. The zero-order valence-corrected chi connectivity index (χ0v) is 7.03. The molecule has 0 bridgehead atoms. The second kappa shape index (κ2) is 5.48. The highest BCUT2D eigenvalue weighted by Crippen LogP contribution is 2.11. The van der Waals surface area contributed by atoms with Crippen molar-refractivity contribution in [2.24, 2.45) is 5.92 Å². The van der Waals surface area contributed by atoms with Crippen LogP contribution in [0.3, 0.4) is 0 Å². The van der Waals surface area contributed by atoms with Gasteiger partial charge in [-0.2, -0.15) is 0 Å². The van der Waals surface area contributed by atoms with Crippen molar-refractivity contribution in [2.45, 2.75) is 26.2 Å². The van der Waals surface area contributed by atoms with Crippen LogP contribution in [0.15, 0.2) is 12.7 Å². The Balaban J connectivity index is 3.33. The van der Waals surface area contributed by atoms with Gasteiger partial charge in [-0.15, -0.1) is 6.58 Å². The molecule has 10 heavy (non-hydrogen) atoms. The van der Waals surface area contributed by atoms with Crippen LogP contribution >= 0.6 is 11.6 Å². The molecule has 0 saturated heterocycles. The average molecular weight is 161 g/mol. The van der Waals surface area contributed by atoms with Crippen molar-refractivity contribution in [3.05, 3.63) is 12.7 Å². The Bertz CT molecular complexity index is 120. The molecule has 0 aromatic heterocycles. The molecule has 0 aliphatic heterocycles. The van der Waals surface area contributed by atoms with Gasteiger partial charge in [-0.1, -0.05) is 13.0 Å². The summed E-state index contributed by atoms with van der Waals surface area (Å²) in [4.78, 5) is 10.4. The van der Waals surface area contributed by atoms with E-state index >= 15 is 0 Å². The van der Waals surface area contributed by atoms with Crippen molar-refractivity contribution >= 4 is 16.8 Å². The zero-order chi connectivity index (χ0) is 7.98. The summed E-state index contributed by atoms with van der Waals surface area (Å²) in [7, 11) is 0. The number of carbonyl (C=O) groups excluding carboxylic acids is 1. The lowest BCUT2D eigenvalue weighted by Gasteiger charge is -2.04. The highest BCUT2D eigenvalue weighted by atomic mass is 35.5. The van der Waals surface area contributed by atoms with Crippen LogP contribution in [-0.4, -0.2) is 5.24 Å². The van der Waals surface area contributed by atoms with Gasteiger partial charge in [0.25, 0.3) is 0 Å². The molecule has 0 aliphatic carbocycles. The smallest absolute Gasteiger partial charge is 0.221 e. The van der Waals surface area contributed by atoms with Gasteiger partial charge in [0.1, 0.15) is 0 Å². The van der Waals surface area contributed by atoms with Gasteiger partial charge in [-0.3, -0.25) is 4.79 Å². The Labute approximate surface area is 67.1 Å². The predicted octanol–water partition coefficient (Wildman–Crippen LogP) is 2.74. The predicted molar refractivity (Wildman–Crippen MR) is 44.1 cm³/mol. The summed E-state index contributed by atoms with van der Waals surface area (Å²) in [6.45, 7) is 5.61. The average Bonchev–Trinajstić information content (AvgIpc) is 1.82. The summed E-state index contributed by atoms with van der Waals surface area (Å²) in [6.07, 6.45) is 4.30. The van der Waals surface area contributed by atoms with E-state index in [0.29, 0.717) is 12.3 Å². The Kier molecular flexibility index (Phi) is 5.32. The molecule has 0 heterocycles. The lowest BCUT2D eigenvalue weighted by molar-refractivity contribution is -0.112. The molecule has 0 radical (unpaired) electrons. The Morgan fingerprint density at radius 2 is 2.40 bits per heavy atom. The van der Waals surface area contributed by atoms with Gasteiger partial charge < -0.3 is 0 Å². The van der Waals surface area contributed by atoms with Crippen molar-refractivity contribution in [1.29, 1.82) is 0 Å². The van der Waals surface area contributed by atoms with Crippen molar-refractivity contribution < 1.29 is 4.79 Å². The molecule has 0 fully saturated rings. The SMILES string of the molecule is C=CCC[C@H](C)CC(=O)Cl. The number of halogens is 1. The fourth-order valence-corrected chi connectivity index (χ4v) is 1.04. The summed E-state index contributed by atoms with van der Waals surface area (Å²) in [5, 5.41) is -0.239. The van der Waals surface area contributed by atoms with E-state index in [9.17, 15) is 4.79 Å². The molecule has 0 N–H and O–H groups in total. The van der Waals surface area contributed by atoms with E-state index in [0.717, 1.165) is 12.8 Å². The molecule has 0 aromatic carbocycles. The first-order valence-electron chi connectivity index (χ1n) is 3.46. The molecule has 0 spiro atoms. The minimum Gasteiger partial charge on any atom is -0.281 e. The Hall–Kier alpha value is -0.300. The van der Waals surface area contributed by atoms with E-state index in [-0.39, 0.29) is 5.24 Å². The van der Waals surface area contributed by atoms with E-state index in [1.165, 1.54) is 0 Å². The van der Waals surface area contributed by atoms with Crippen LogP contribution < -0.4 is 0 Å². The normalized spacial score (nSPS) is 12.6. The summed E-state index contributed by atoms with van der Waals surface area (Å²) < 4.78 is 0. The fourth-order valence-electron chi connectivity index (χ4n) is 0.778. The maximum Gasteiger partial charge on any atom is 0.221 e. The molecule has 2 heteroatoms. The minimum atomic E-state index is -0.239. The van der Waals surface area contributed by atoms with Gasteiger partial charge in [-0.05, 0) is 30.4 Å². The van der Waals surface area contributed by atoms with Crippen LogP contribution in [0.4, 0.5) is 0 Å². The van der Waals surface area contributed by atoms with Crippen LogP contribution in [0.1, 0.15) is 26.2 Å². The number of hydrogen-bond acceptors (Lipinski definition) is 1. The zero-order valence-electron chi connectivity index (χ0n) is 6.27. The molecular weight excluding hydrogens is 148 g/mol. The maximum absolute atomic E-state index is 10.4. The Morgan fingerprint density at radius 3 is 2.80 bits per heavy atom. The summed E-state index contributed by atoms with van der Waals surface area (Å²) in [5.74, 6) is 0.392. The van der Waals surface area contributed by atoms with E-state index < -0.39 is 0 Å². The topological polar surface area (TPSA) is 17.1 Å². The highest BCUT2D eigenvalue weighted by Gasteiger charge is 2.04. The van der Waals surface area contributed by atoms with E-state index in [1.54, 1.807) is 0 Å². The van der Waals surface area contributed by atoms with E-state index in [1.807, 2.05) is 13.0 Å². The first kappa shape index (κ1) is 9.70. The van der Waals surface area contributed by atoms with Gasteiger partial charge in [0.2, 0.25) is 5.24 Å². The quantitative estimate of drug-likeness (QED) is 0.447. The monoisotopic (exact) mass is 160 g/mol. The maximum atomic E-state index is 10.4. The third kappa shape index (κ3) is 5.83. The minimum absolute atomic E-state index is 0.239. The van der Waals surface area contributed by atoms with Gasteiger partial charge >= 0.3 is 0 Å². The number of rotatable bonds is 5. The van der Waals surface area contributed by atoms with Crippen LogP contribution in [-0.2, 0) is 4.79 Å². The molecule has 58 valence electrons. The molecule has 0 saturated carbocycles. The first-order chi connectivity index (χ1) is 4.66. The van der Waals surface area contributed by atoms with Gasteiger partial charge in [0.15, 0.2) is 0 Å². The third-order valence-corrected chi connectivity index (χ3v) is 1.53. The molecule has 0 rings (SSSR count). The summed E-state index contributed by atoms with van der Waals surface area (Å²) in [6, 6.07) is 0. The van der Waals surface area contributed by atoms with Crippen molar-refractivity contribution in [1.82, 2.24) is 0 Å².